The lowest BCUT2D eigenvalue weighted by Crippen LogP contribution is -2.07. The summed E-state index contributed by atoms with van der Waals surface area (Å²) in [4.78, 5) is 7.72. The van der Waals surface area contributed by atoms with E-state index in [2.05, 4.69) is 15.3 Å². The van der Waals surface area contributed by atoms with Crippen molar-refractivity contribution in [2.45, 2.75) is 0 Å². The van der Waals surface area contributed by atoms with Crippen molar-refractivity contribution >= 4 is 35.0 Å². The molecule has 3 N–H and O–H groups in total. The van der Waals surface area contributed by atoms with Gasteiger partial charge >= 0.3 is 0 Å². The molecule has 0 fully saturated rings. The van der Waals surface area contributed by atoms with Gasteiger partial charge in [0.25, 0.3) is 0 Å². The van der Waals surface area contributed by atoms with Crippen molar-refractivity contribution in [1.82, 2.24) is 9.97 Å². The molecule has 0 bridgehead atoms. The van der Waals surface area contributed by atoms with Crippen molar-refractivity contribution < 1.29 is 0 Å². The van der Waals surface area contributed by atoms with Crippen LogP contribution in [0.25, 0.3) is 0 Å². The Labute approximate surface area is 86.3 Å². The summed E-state index contributed by atoms with van der Waals surface area (Å²) >= 11 is 7.60. The highest BCUT2D eigenvalue weighted by Crippen LogP contribution is 2.22. The third-order valence-electron chi connectivity index (χ3n) is 1.42. The van der Waals surface area contributed by atoms with Gasteiger partial charge in [0.1, 0.15) is 23.0 Å². The number of aromatic nitrogens is 2. The Morgan fingerprint density at radius 3 is 3.08 bits per heavy atom. The number of nitrogens with two attached hydrogens (primary N) is 1. The summed E-state index contributed by atoms with van der Waals surface area (Å²) in [5, 5.41) is 3.46. The zero-order chi connectivity index (χ0) is 9.68. The van der Waals surface area contributed by atoms with E-state index in [0.717, 1.165) is 12.3 Å². The second-order valence-corrected chi connectivity index (χ2v) is 3.70. The van der Waals surface area contributed by atoms with Gasteiger partial charge in [0, 0.05) is 12.3 Å². The average molecular weight is 219 g/mol. The second-order valence-electron chi connectivity index (χ2n) is 2.34. The normalized spacial score (nSPS) is 10.0. The van der Waals surface area contributed by atoms with Crippen molar-refractivity contribution in [3.8, 4) is 0 Å². The number of hydrogen-bond donors (Lipinski definition) is 2. The van der Waals surface area contributed by atoms with Crippen LogP contribution in [0.3, 0.4) is 0 Å². The van der Waals surface area contributed by atoms with Gasteiger partial charge < -0.3 is 11.1 Å². The Balaban J connectivity index is 2.61. The molecule has 0 spiro atoms. The van der Waals surface area contributed by atoms with Crippen LogP contribution in [0.15, 0.2) is 6.33 Å². The minimum Gasteiger partial charge on any atom is -0.382 e. The first-order chi connectivity index (χ1) is 6.25. The van der Waals surface area contributed by atoms with Gasteiger partial charge in [-0.1, -0.05) is 11.6 Å². The monoisotopic (exact) mass is 218 g/mol. The van der Waals surface area contributed by atoms with Gasteiger partial charge in [0.05, 0.1) is 0 Å². The predicted molar refractivity (Wildman–Crippen MR) is 58.3 cm³/mol. The molecule has 0 radical (unpaired) electrons. The number of nitrogens with zero attached hydrogens (tertiary/aromatic N) is 2. The molecule has 6 heteroatoms. The highest BCUT2D eigenvalue weighted by molar-refractivity contribution is 7.98. The lowest BCUT2D eigenvalue weighted by atomic mass is 10.5. The maximum Gasteiger partial charge on any atom is 0.150 e. The Kier molecular flexibility index (Phi) is 4.11. The molecule has 72 valence electrons. The first-order valence-corrected chi connectivity index (χ1v) is 5.51. The van der Waals surface area contributed by atoms with Crippen molar-refractivity contribution in [3.05, 3.63) is 11.3 Å². The molecule has 1 aromatic heterocycles. The van der Waals surface area contributed by atoms with Gasteiger partial charge in [-0.2, -0.15) is 11.8 Å². The molecular formula is C7H11ClN4S. The molecule has 1 aromatic rings. The summed E-state index contributed by atoms with van der Waals surface area (Å²) in [6.07, 6.45) is 3.43. The van der Waals surface area contributed by atoms with E-state index in [-0.39, 0.29) is 0 Å². The standard InChI is InChI=1S/C7H11ClN4S/c1-13-3-2-10-7-5(8)6(9)11-4-12-7/h4H,2-3H2,1H3,(H3,9,10,11,12). The van der Waals surface area contributed by atoms with Crippen molar-refractivity contribution in [3.63, 3.8) is 0 Å². The summed E-state index contributed by atoms with van der Waals surface area (Å²) in [5.74, 6) is 1.91. The number of hydrogen-bond acceptors (Lipinski definition) is 5. The van der Waals surface area contributed by atoms with Gasteiger partial charge in [0.15, 0.2) is 0 Å². The van der Waals surface area contributed by atoms with Crippen LogP contribution >= 0.6 is 23.4 Å². The number of halogens is 1. The molecule has 0 aromatic carbocycles. The number of anilines is 2. The van der Waals surface area contributed by atoms with E-state index in [0.29, 0.717) is 16.7 Å². The molecule has 13 heavy (non-hydrogen) atoms. The summed E-state index contributed by atoms with van der Waals surface area (Å²) < 4.78 is 0. The van der Waals surface area contributed by atoms with Crippen LogP contribution in [-0.4, -0.2) is 28.5 Å². The molecule has 1 heterocycles. The van der Waals surface area contributed by atoms with E-state index in [1.807, 2.05) is 6.26 Å². The lowest BCUT2D eigenvalue weighted by molar-refractivity contribution is 1.12. The Morgan fingerprint density at radius 1 is 1.62 bits per heavy atom. The van der Waals surface area contributed by atoms with Crippen LogP contribution in [0.2, 0.25) is 5.02 Å². The zero-order valence-corrected chi connectivity index (χ0v) is 8.82. The molecular weight excluding hydrogens is 208 g/mol. The largest absolute Gasteiger partial charge is 0.382 e. The molecule has 1 rings (SSSR count). The van der Waals surface area contributed by atoms with Crippen molar-refractivity contribution in [1.29, 1.82) is 0 Å². The third kappa shape index (κ3) is 2.93. The molecule has 0 unspecified atom stereocenters. The molecule has 0 atom stereocenters. The smallest absolute Gasteiger partial charge is 0.150 e. The fourth-order valence-corrected chi connectivity index (χ4v) is 1.25. The van der Waals surface area contributed by atoms with E-state index in [9.17, 15) is 0 Å². The predicted octanol–water partition coefficient (Wildman–Crippen LogP) is 1.49. The molecule has 0 aliphatic carbocycles. The molecule has 0 amide bonds. The Bertz CT molecular complexity index is 281. The van der Waals surface area contributed by atoms with E-state index in [1.165, 1.54) is 6.33 Å². The molecule has 0 aliphatic rings. The summed E-state index contributed by atoms with van der Waals surface area (Å²) in [7, 11) is 0. The first-order valence-electron chi connectivity index (χ1n) is 3.74. The van der Waals surface area contributed by atoms with Crippen molar-refractivity contribution in [2.24, 2.45) is 0 Å². The SMILES string of the molecule is CSCCNc1ncnc(N)c1Cl. The zero-order valence-electron chi connectivity index (χ0n) is 7.25. The van der Waals surface area contributed by atoms with Crippen LogP contribution in [0, 0.1) is 0 Å². The molecule has 0 saturated carbocycles. The number of rotatable bonds is 4. The van der Waals surface area contributed by atoms with E-state index >= 15 is 0 Å². The third-order valence-corrected chi connectivity index (χ3v) is 2.40. The quantitative estimate of drug-likeness (QED) is 0.750. The van der Waals surface area contributed by atoms with Crippen LogP contribution in [-0.2, 0) is 0 Å². The van der Waals surface area contributed by atoms with Gasteiger partial charge in [-0.05, 0) is 6.26 Å². The van der Waals surface area contributed by atoms with Gasteiger partial charge in [-0.3, -0.25) is 0 Å². The van der Waals surface area contributed by atoms with Gasteiger partial charge in [-0.15, -0.1) is 0 Å². The minimum atomic E-state index is 0.309. The fraction of sp³-hybridized carbons (Fsp3) is 0.429. The molecule has 4 nitrogen and oxygen atoms in total. The van der Waals surface area contributed by atoms with E-state index in [4.69, 9.17) is 17.3 Å². The van der Waals surface area contributed by atoms with E-state index in [1.54, 1.807) is 11.8 Å². The Hall–Kier alpha value is -0.680. The summed E-state index contributed by atoms with van der Waals surface area (Å²) in [5.41, 5.74) is 5.50. The topological polar surface area (TPSA) is 63.8 Å². The molecule has 0 saturated heterocycles. The average Bonchev–Trinajstić information content (AvgIpc) is 2.13. The number of nitrogens with one attached hydrogen (secondary N) is 1. The summed E-state index contributed by atoms with van der Waals surface area (Å²) in [6.45, 7) is 0.817. The minimum absolute atomic E-state index is 0.309. The first kappa shape index (κ1) is 10.4. The van der Waals surface area contributed by atoms with E-state index < -0.39 is 0 Å². The maximum atomic E-state index is 5.85. The maximum absolute atomic E-state index is 5.85. The molecule has 0 aliphatic heterocycles. The Morgan fingerprint density at radius 2 is 2.38 bits per heavy atom. The summed E-state index contributed by atoms with van der Waals surface area (Å²) in [6, 6.07) is 0. The highest BCUT2D eigenvalue weighted by Gasteiger charge is 2.04. The fourth-order valence-electron chi connectivity index (χ4n) is 0.778. The van der Waals surface area contributed by atoms with Crippen LogP contribution < -0.4 is 11.1 Å². The van der Waals surface area contributed by atoms with Crippen LogP contribution in [0.1, 0.15) is 0 Å². The van der Waals surface area contributed by atoms with Crippen molar-refractivity contribution in [2.75, 3.05) is 29.6 Å². The van der Waals surface area contributed by atoms with Crippen LogP contribution in [0.4, 0.5) is 11.6 Å². The van der Waals surface area contributed by atoms with Gasteiger partial charge in [-0.25, -0.2) is 9.97 Å². The highest BCUT2D eigenvalue weighted by atomic mass is 35.5. The number of nitrogen functional groups attached to an aromatic ring is 1. The van der Waals surface area contributed by atoms with Crippen LogP contribution in [0.5, 0.6) is 0 Å². The van der Waals surface area contributed by atoms with Gasteiger partial charge in [0.2, 0.25) is 0 Å². The number of thioether (sulfide) groups is 1. The second kappa shape index (κ2) is 5.14. The lowest BCUT2D eigenvalue weighted by Gasteiger charge is -2.06.